The Morgan fingerprint density at radius 3 is 2.87 bits per heavy atom. The second-order valence-corrected chi connectivity index (χ2v) is 5.36. The minimum Gasteiger partial charge on any atom is -0.493 e. The molecule has 0 unspecified atom stereocenters. The number of benzene rings is 2. The van der Waals surface area contributed by atoms with Crippen LogP contribution < -0.4 is 15.7 Å². The summed E-state index contributed by atoms with van der Waals surface area (Å²) in [5.41, 5.74) is 1.48. The molecule has 0 fully saturated rings. The lowest BCUT2D eigenvalue weighted by Gasteiger charge is -2.07. The molecule has 5 nitrogen and oxygen atoms in total. The van der Waals surface area contributed by atoms with E-state index in [1.165, 1.54) is 0 Å². The first-order valence-electron chi connectivity index (χ1n) is 7.31. The molecule has 23 heavy (non-hydrogen) atoms. The fourth-order valence-electron chi connectivity index (χ4n) is 2.68. The molecule has 0 saturated heterocycles. The lowest BCUT2D eigenvalue weighted by atomic mass is 10.1. The van der Waals surface area contributed by atoms with Gasteiger partial charge in [0.05, 0.1) is 6.61 Å². The van der Waals surface area contributed by atoms with Crippen LogP contribution in [0.4, 0.5) is 5.69 Å². The molecular weight excluding hydrogens is 294 g/mol. The second-order valence-electron chi connectivity index (χ2n) is 5.36. The smallest absolute Gasteiger partial charge is 0.349 e. The number of nitrogens with one attached hydrogen (secondary N) is 1. The molecule has 1 aromatic heterocycles. The molecule has 4 rings (SSSR count). The van der Waals surface area contributed by atoms with Crippen molar-refractivity contribution in [2.24, 2.45) is 0 Å². The third kappa shape index (κ3) is 2.46. The first kappa shape index (κ1) is 13.6. The second kappa shape index (κ2) is 5.28. The predicted molar refractivity (Wildman–Crippen MR) is 86.1 cm³/mol. The van der Waals surface area contributed by atoms with E-state index < -0.39 is 11.5 Å². The maximum absolute atomic E-state index is 12.4. The standard InChI is InChI=1S/C18H13NO4/c20-17(19-13-5-6-15-12(9-13)7-8-22-15)14-10-11-3-1-2-4-16(11)23-18(14)21/h1-6,9-10H,7-8H2,(H,19,20). The topological polar surface area (TPSA) is 68.5 Å². The SMILES string of the molecule is O=C(Nc1ccc2c(c1)CCO2)c1cc2ccccc2oc1=O. The quantitative estimate of drug-likeness (QED) is 0.739. The molecule has 2 aromatic carbocycles. The number of fused-ring (bicyclic) bond motifs is 2. The molecular formula is C18H13NO4. The molecule has 1 aliphatic heterocycles. The lowest BCUT2D eigenvalue weighted by molar-refractivity contribution is 0.102. The summed E-state index contributed by atoms with van der Waals surface area (Å²) in [6.45, 7) is 0.654. The first-order valence-corrected chi connectivity index (χ1v) is 7.31. The number of amides is 1. The van der Waals surface area contributed by atoms with Gasteiger partial charge in [0.1, 0.15) is 16.9 Å². The van der Waals surface area contributed by atoms with Crippen LogP contribution in [0.15, 0.2) is 57.7 Å². The third-order valence-corrected chi connectivity index (χ3v) is 3.83. The zero-order chi connectivity index (χ0) is 15.8. The fourth-order valence-corrected chi connectivity index (χ4v) is 2.68. The van der Waals surface area contributed by atoms with Crippen LogP contribution in [0.1, 0.15) is 15.9 Å². The largest absolute Gasteiger partial charge is 0.493 e. The Balaban J connectivity index is 1.66. The van der Waals surface area contributed by atoms with Gasteiger partial charge >= 0.3 is 5.63 Å². The number of hydrogen-bond donors (Lipinski definition) is 1. The number of carbonyl (C=O) groups excluding carboxylic acids is 1. The maximum atomic E-state index is 12.4. The van der Waals surface area contributed by atoms with Gasteiger partial charge < -0.3 is 14.5 Å². The Morgan fingerprint density at radius 1 is 1.09 bits per heavy atom. The first-order chi connectivity index (χ1) is 11.2. The van der Waals surface area contributed by atoms with Gasteiger partial charge in [-0.05, 0) is 35.9 Å². The number of para-hydroxylation sites is 1. The van der Waals surface area contributed by atoms with Gasteiger partial charge in [-0.1, -0.05) is 18.2 Å². The summed E-state index contributed by atoms with van der Waals surface area (Å²) in [5, 5.41) is 3.45. The molecule has 1 aliphatic rings. The predicted octanol–water partition coefficient (Wildman–Crippen LogP) is 2.98. The summed E-state index contributed by atoms with van der Waals surface area (Å²) < 4.78 is 10.6. The van der Waals surface area contributed by atoms with Crippen LogP contribution in [0.25, 0.3) is 11.0 Å². The van der Waals surface area contributed by atoms with E-state index in [2.05, 4.69) is 5.32 Å². The number of anilines is 1. The summed E-state index contributed by atoms with van der Waals surface area (Å²) in [4.78, 5) is 24.4. The highest BCUT2D eigenvalue weighted by molar-refractivity contribution is 6.05. The van der Waals surface area contributed by atoms with Crippen molar-refractivity contribution in [1.82, 2.24) is 0 Å². The Kier molecular flexibility index (Phi) is 3.12. The molecule has 0 spiro atoms. The van der Waals surface area contributed by atoms with Crippen molar-refractivity contribution in [2.75, 3.05) is 11.9 Å². The molecule has 5 heteroatoms. The number of ether oxygens (including phenoxy) is 1. The number of rotatable bonds is 2. The fraction of sp³-hybridized carbons (Fsp3) is 0.111. The summed E-state index contributed by atoms with van der Waals surface area (Å²) >= 11 is 0. The third-order valence-electron chi connectivity index (χ3n) is 3.83. The summed E-state index contributed by atoms with van der Waals surface area (Å²) in [6.07, 6.45) is 0.817. The van der Waals surface area contributed by atoms with Crippen LogP contribution in [0.5, 0.6) is 5.75 Å². The summed E-state index contributed by atoms with van der Waals surface area (Å²) in [5.74, 6) is 0.358. The van der Waals surface area contributed by atoms with E-state index in [1.54, 1.807) is 30.3 Å². The Bertz CT molecular complexity index is 974. The molecule has 0 saturated carbocycles. The summed E-state index contributed by atoms with van der Waals surface area (Å²) in [7, 11) is 0. The van der Waals surface area contributed by atoms with Crippen LogP contribution >= 0.6 is 0 Å². The van der Waals surface area contributed by atoms with Gasteiger partial charge in [0, 0.05) is 17.5 Å². The Labute approximate surface area is 131 Å². The van der Waals surface area contributed by atoms with E-state index in [4.69, 9.17) is 9.15 Å². The van der Waals surface area contributed by atoms with Crippen LogP contribution in [0.3, 0.4) is 0 Å². The van der Waals surface area contributed by atoms with Crippen LogP contribution in [-0.2, 0) is 6.42 Å². The van der Waals surface area contributed by atoms with Crippen molar-refractivity contribution in [1.29, 1.82) is 0 Å². The van der Waals surface area contributed by atoms with Crippen molar-refractivity contribution in [3.63, 3.8) is 0 Å². The molecule has 1 N–H and O–H groups in total. The van der Waals surface area contributed by atoms with E-state index in [0.29, 0.717) is 23.3 Å². The Hall–Kier alpha value is -3.08. The van der Waals surface area contributed by atoms with Crippen molar-refractivity contribution in [3.05, 3.63) is 70.1 Å². The van der Waals surface area contributed by atoms with Gasteiger partial charge in [-0.2, -0.15) is 0 Å². The van der Waals surface area contributed by atoms with Gasteiger partial charge in [-0.3, -0.25) is 4.79 Å². The minimum atomic E-state index is -0.648. The average Bonchev–Trinajstić information content (AvgIpc) is 3.01. The van der Waals surface area contributed by atoms with Gasteiger partial charge in [0.2, 0.25) is 0 Å². The maximum Gasteiger partial charge on any atom is 0.349 e. The minimum absolute atomic E-state index is 0.0135. The van der Waals surface area contributed by atoms with Crippen molar-refractivity contribution in [3.8, 4) is 5.75 Å². The molecule has 0 radical (unpaired) electrons. The molecule has 2 heterocycles. The van der Waals surface area contributed by atoms with Crippen molar-refractivity contribution in [2.45, 2.75) is 6.42 Å². The van der Waals surface area contributed by atoms with Gasteiger partial charge in [0.15, 0.2) is 0 Å². The highest BCUT2D eigenvalue weighted by Gasteiger charge is 2.16. The molecule has 0 atom stereocenters. The van der Waals surface area contributed by atoms with Crippen LogP contribution in [-0.4, -0.2) is 12.5 Å². The van der Waals surface area contributed by atoms with Crippen LogP contribution in [0.2, 0.25) is 0 Å². The molecule has 114 valence electrons. The summed E-state index contributed by atoms with van der Waals surface area (Å²) in [6, 6.07) is 14.1. The average molecular weight is 307 g/mol. The molecule has 0 aliphatic carbocycles. The van der Waals surface area contributed by atoms with Crippen LogP contribution in [0, 0.1) is 0 Å². The number of carbonyl (C=O) groups is 1. The van der Waals surface area contributed by atoms with E-state index in [9.17, 15) is 9.59 Å². The highest BCUT2D eigenvalue weighted by Crippen LogP contribution is 2.28. The zero-order valence-electron chi connectivity index (χ0n) is 12.2. The Morgan fingerprint density at radius 2 is 1.96 bits per heavy atom. The lowest BCUT2D eigenvalue weighted by Crippen LogP contribution is -2.20. The van der Waals surface area contributed by atoms with Gasteiger partial charge in [-0.25, -0.2) is 4.79 Å². The zero-order valence-corrected chi connectivity index (χ0v) is 12.2. The monoisotopic (exact) mass is 307 g/mol. The van der Waals surface area contributed by atoms with E-state index in [1.807, 2.05) is 18.2 Å². The molecule has 3 aromatic rings. The highest BCUT2D eigenvalue weighted by atomic mass is 16.5. The van der Waals surface area contributed by atoms with E-state index >= 15 is 0 Å². The van der Waals surface area contributed by atoms with Crippen molar-refractivity contribution >= 4 is 22.6 Å². The van der Waals surface area contributed by atoms with E-state index in [-0.39, 0.29) is 5.56 Å². The number of hydrogen-bond acceptors (Lipinski definition) is 4. The van der Waals surface area contributed by atoms with Crippen molar-refractivity contribution < 1.29 is 13.9 Å². The van der Waals surface area contributed by atoms with E-state index in [0.717, 1.165) is 17.7 Å². The molecule has 0 bridgehead atoms. The van der Waals surface area contributed by atoms with Gasteiger partial charge in [-0.15, -0.1) is 0 Å². The van der Waals surface area contributed by atoms with Gasteiger partial charge in [0.25, 0.3) is 5.91 Å². The normalized spacial score (nSPS) is 12.7. The molecule has 1 amide bonds.